The molecule has 0 radical (unpaired) electrons. The average molecular weight is 264 g/mol. The van der Waals surface area contributed by atoms with Gasteiger partial charge >= 0.3 is 0 Å². The van der Waals surface area contributed by atoms with Crippen molar-refractivity contribution in [3.05, 3.63) is 30.1 Å². The van der Waals surface area contributed by atoms with E-state index >= 15 is 0 Å². The third kappa shape index (κ3) is 8.49. The van der Waals surface area contributed by atoms with E-state index in [1.165, 1.54) is 0 Å². The monoisotopic (exact) mass is 264 g/mol. The van der Waals surface area contributed by atoms with Gasteiger partial charge in [-0.05, 0) is 18.1 Å². The zero-order valence-corrected chi connectivity index (χ0v) is 13.1. The SMILES string of the molecule is CC(C)(C)C(=O)[C@@H](N)Cc1ccccn1.CC(C)C. The summed E-state index contributed by atoms with van der Waals surface area (Å²) in [5, 5.41) is 0. The Balaban J connectivity index is 0.000000711. The van der Waals surface area contributed by atoms with E-state index in [4.69, 9.17) is 5.73 Å². The number of nitrogens with two attached hydrogens (primary N) is 1. The highest BCUT2D eigenvalue weighted by atomic mass is 16.1. The Labute approximate surface area is 117 Å². The molecule has 0 aromatic carbocycles. The summed E-state index contributed by atoms with van der Waals surface area (Å²) in [6, 6.07) is 5.17. The number of Topliss-reactive ketones (excluding diaryl/α,β-unsaturated/α-hetero) is 1. The zero-order valence-electron chi connectivity index (χ0n) is 13.1. The van der Waals surface area contributed by atoms with Crippen molar-refractivity contribution < 1.29 is 4.79 Å². The summed E-state index contributed by atoms with van der Waals surface area (Å²) in [5.41, 5.74) is 6.33. The molecule has 0 bridgehead atoms. The molecular formula is C16H28N2O. The molecule has 3 nitrogen and oxygen atoms in total. The van der Waals surface area contributed by atoms with Gasteiger partial charge in [0.1, 0.15) is 0 Å². The van der Waals surface area contributed by atoms with Crippen LogP contribution < -0.4 is 5.73 Å². The highest BCUT2D eigenvalue weighted by Gasteiger charge is 2.27. The van der Waals surface area contributed by atoms with E-state index in [-0.39, 0.29) is 11.2 Å². The minimum Gasteiger partial charge on any atom is -0.321 e. The van der Waals surface area contributed by atoms with E-state index in [2.05, 4.69) is 25.8 Å². The van der Waals surface area contributed by atoms with Crippen LogP contribution in [0.4, 0.5) is 0 Å². The lowest BCUT2D eigenvalue weighted by Gasteiger charge is -2.21. The first kappa shape index (κ1) is 17.8. The first-order valence-corrected chi connectivity index (χ1v) is 6.84. The third-order valence-electron chi connectivity index (χ3n) is 2.23. The third-order valence-corrected chi connectivity index (χ3v) is 2.23. The van der Waals surface area contributed by atoms with Crippen LogP contribution in [0, 0.1) is 11.3 Å². The number of hydrogen-bond donors (Lipinski definition) is 1. The van der Waals surface area contributed by atoms with Crippen molar-refractivity contribution in [1.29, 1.82) is 0 Å². The van der Waals surface area contributed by atoms with Gasteiger partial charge in [-0.2, -0.15) is 0 Å². The van der Waals surface area contributed by atoms with Crippen LogP contribution >= 0.6 is 0 Å². The molecule has 0 saturated heterocycles. The first-order valence-electron chi connectivity index (χ1n) is 6.84. The van der Waals surface area contributed by atoms with Crippen LogP contribution in [-0.4, -0.2) is 16.8 Å². The largest absolute Gasteiger partial charge is 0.321 e. The van der Waals surface area contributed by atoms with Crippen LogP contribution in [0.3, 0.4) is 0 Å². The minimum atomic E-state index is -0.458. The Morgan fingerprint density at radius 1 is 1.26 bits per heavy atom. The second kappa shape index (κ2) is 8.05. The number of ketones is 1. The predicted molar refractivity (Wildman–Crippen MR) is 80.9 cm³/mol. The van der Waals surface area contributed by atoms with Gasteiger partial charge in [0.15, 0.2) is 5.78 Å². The van der Waals surface area contributed by atoms with Gasteiger partial charge in [0, 0.05) is 23.7 Å². The highest BCUT2D eigenvalue weighted by molar-refractivity contribution is 5.88. The molecule has 0 aliphatic rings. The molecule has 1 atom stereocenters. The van der Waals surface area contributed by atoms with E-state index in [1.54, 1.807) is 6.20 Å². The predicted octanol–water partition coefficient (Wildman–Crippen LogP) is 3.23. The first-order chi connectivity index (χ1) is 8.64. The van der Waals surface area contributed by atoms with Crippen LogP contribution in [0.5, 0.6) is 0 Å². The molecule has 3 heteroatoms. The second-order valence-corrected chi connectivity index (χ2v) is 6.48. The molecule has 1 rings (SSSR count). The van der Waals surface area contributed by atoms with E-state index in [1.807, 2.05) is 39.0 Å². The summed E-state index contributed by atoms with van der Waals surface area (Å²) in [6.07, 6.45) is 2.22. The van der Waals surface area contributed by atoms with E-state index in [9.17, 15) is 4.79 Å². The second-order valence-electron chi connectivity index (χ2n) is 6.48. The fraction of sp³-hybridized carbons (Fsp3) is 0.625. The molecule has 0 spiro atoms. The van der Waals surface area contributed by atoms with Crippen molar-refractivity contribution in [3.63, 3.8) is 0 Å². The van der Waals surface area contributed by atoms with Gasteiger partial charge in [0.25, 0.3) is 0 Å². The quantitative estimate of drug-likeness (QED) is 0.912. The lowest BCUT2D eigenvalue weighted by atomic mass is 9.85. The van der Waals surface area contributed by atoms with Crippen LogP contribution in [0.25, 0.3) is 0 Å². The fourth-order valence-corrected chi connectivity index (χ4v) is 1.39. The highest BCUT2D eigenvalue weighted by Crippen LogP contribution is 2.17. The maximum absolute atomic E-state index is 11.8. The smallest absolute Gasteiger partial charge is 0.155 e. The molecule has 108 valence electrons. The molecule has 2 N–H and O–H groups in total. The maximum atomic E-state index is 11.8. The van der Waals surface area contributed by atoms with Crippen molar-refractivity contribution in [2.45, 2.75) is 54.0 Å². The standard InChI is InChI=1S/C12H18N2O.C4H10/c1-12(2,3)11(15)10(13)8-9-6-4-5-7-14-9;1-4(2)3/h4-7,10H,8,13H2,1-3H3;4H,1-3H3/t10-;/m0./s1. The lowest BCUT2D eigenvalue weighted by Crippen LogP contribution is -2.40. The van der Waals surface area contributed by atoms with Crippen LogP contribution in [0.15, 0.2) is 24.4 Å². The Bertz CT molecular complexity index is 363. The number of rotatable bonds is 3. The lowest BCUT2D eigenvalue weighted by molar-refractivity contribution is -0.127. The van der Waals surface area contributed by atoms with Gasteiger partial charge in [-0.3, -0.25) is 9.78 Å². The molecule has 0 saturated carbocycles. The van der Waals surface area contributed by atoms with E-state index < -0.39 is 6.04 Å². The van der Waals surface area contributed by atoms with Gasteiger partial charge in [-0.1, -0.05) is 47.6 Å². The zero-order chi connectivity index (χ0) is 15.1. The normalized spacial score (nSPS) is 12.6. The summed E-state index contributed by atoms with van der Waals surface area (Å²) in [6.45, 7) is 12.1. The van der Waals surface area contributed by atoms with Crippen molar-refractivity contribution in [3.8, 4) is 0 Å². The summed E-state index contributed by atoms with van der Waals surface area (Å²) in [5.74, 6) is 0.910. The Kier molecular flexibility index (Phi) is 7.53. The molecule has 0 fully saturated rings. The van der Waals surface area contributed by atoms with Gasteiger partial charge in [0.05, 0.1) is 6.04 Å². The molecule has 0 unspecified atom stereocenters. The molecule has 0 amide bonds. The summed E-state index contributed by atoms with van der Waals surface area (Å²) >= 11 is 0. The number of carbonyl (C=O) groups is 1. The molecule has 0 aliphatic heterocycles. The molecule has 1 heterocycles. The number of aromatic nitrogens is 1. The number of nitrogens with zero attached hydrogens (tertiary/aromatic N) is 1. The summed E-state index contributed by atoms with van der Waals surface area (Å²) in [7, 11) is 0. The minimum absolute atomic E-state index is 0.0770. The van der Waals surface area contributed by atoms with Crippen LogP contribution in [0.2, 0.25) is 0 Å². The Morgan fingerprint density at radius 3 is 2.16 bits per heavy atom. The van der Waals surface area contributed by atoms with Crippen molar-refractivity contribution in [1.82, 2.24) is 4.98 Å². The van der Waals surface area contributed by atoms with Gasteiger partial charge in [-0.25, -0.2) is 0 Å². The van der Waals surface area contributed by atoms with Gasteiger partial charge < -0.3 is 5.73 Å². The molecule has 1 aromatic rings. The van der Waals surface area contributed by atoms with Crippen molar-refractivity contribution in [2.75, 3.05) is 0 Å². The molecule has 1 aromatic heterocycles. The molecular weight excluding hydrogens is 236 g/mol. The number of pyridine rings is 1. The van der Waals surface area contributed by atoms with Crippen LogP contribution in [-0.2, 0) is 11.2 Å². The average Bonchev–Trinajstić information content (AvgIpc) is 2.27. The van der Waals surface area contributed by atoms with Crippen molar-refractivity contribution in [2.24, 2.45) is 17.1 Å². The fourth-order valence-electron chi connectivity index (χ4n) is 1.39. The summed E-state index contributed by atoms with van der Waals surface area (Å²) in [4.78, 5) is 16.0. The summed E-state index contributed by atoms with van der Waals surface area (Å²) < 4.78 is 0. The topological polar surface area (TPSA) is 56.0 Å². The molecule has 0 aliphatic carbocycles. The number of carbonyl (C=O) groups excluding carboxylic acids is 1. The van der Waals surface area contributed by atoms with Crippen LogP contribution in [0.1, 0.15) is 47.2 Å². The van der Waals surface area contributed by atoms with E-state index in [0.29, 0.717) is 6.42 Å². The molecule has 19 heavy (non-hydrogen) atoms. The van der Waals surface area contributed by atoms with Crippen molar-refractivity contribution >= 4 is 5.78 Å². The Hall–Kier alpha value is -1.22. The van der Waals surface area contributed by atoms with E-state index in [0.717, 1.165) is 11.6 Å². The maximum Gasteiger partial charge on any atom is 0.155 e. The van der Waals surface area contributed by atoms with Gasteiger partial charge in [-0.15, -0.1) is 0 Å². The Morgan fingerprint density at radius 2 is 1.79 bits per heavy atom. The number of hydrogen-bond acceptors (Lipinski definition) is 3. The van der Waals surface area contributed by atoms with Gasteiger partial charge in [0.2, 0.25) is 0 Å².